The predicted octanol–water partition coefficient (Wildman–Crippen LogP) is 1.07. The Morgan fingerprint density at radius 1 is 1.50 bits per heavy atom. The Bertz CT molecular complexity index is 355. The van der Waals surface area contributed by atoms with Crippen LogP contribution in [0.5, 0.6) is 0 Å². The Morgan fingerprint density at radius 2 is 2.25 bits per heavy atom. The maximum atomic E-state index is 12.0. The third kappa shape index (κ3) is 4.04. The topological polar surface area (TPSA) is 49.3 Å². The molecule has 0 fully saturated rings. The van der Waals surface area contributed by atoms with Gasteiger partial charge in [-0.25, -0.2) is 0 Å². The fraction of sp³-hybridized carbons (Fsp3) is 0.500. The van der Waals surface area contributed by atoms with Crippen LogP contribution in [0.3, 0.4) is 0 Å². The second-order valence-corrected chi connectivity index (χ2v) is 5.32. The number of nitrogens with one attached hydrogen (secondary N) is 1. The highest BCUT2D eigenvalue weighted by molar-refractivity contribution is 7.85. The van der Waals surface area contributed by atoms with Crippen LogP contribution in [-0.2, 0) is 10.8 Å². The molecule has 0 amide bonds. The summed E-state index contributed by atoms with van der Waals surface area (Å²) in [4.78, 5) is 0.859. The fourth-order valence-electron chi connectivity index (χ4n) is 1.50. The van der Waals surface area contributed by atoms with E-state index in [1.807, 2.05) is 38.2 Å². The minimum Gasteiger partial charge on any atom is -0.396 e. The van der Waals surface area contributed by atoms with Gasteiger partial charge in [0, 0.05) is 23.3 Å². The molecular weight excluding hydrogens is 222 g/mol. The van der Waals surface area contributed by atoms with Crippen LogP contribution < -0.4 is 5.32 Å². The summed E-state index contributed by atoms with van der Waals surface area (Å²) in [5.41, 5.74) is 1.12. The van der Waals surface area contributed by atoms with E-state index in [2.05, 4.69) is 5.32 Å². The largest absolute Gasteiger partial charge is 0.396 e. The van der Waals surface area contributed by atoms with Gasteiger partial charge in [-0.15, -0.1) is 0 Å². The molecule has 0 aliphatic carbocycles. The van der Waals surface area contributed by atoms with Crippen LogP contribution in [0.2, 0.25) is 0 Å². The molecule has 1 rings (SSSR count). The summed E-state index contributed by atoms with van der Waals surface area (Å²) in [7, 11) is 0.828. The van der Waals surface area contributed by atoms with E-state index in [4.69, 9.17) is 5.11 Å². The molecule has 0 aliphatic rings. The van der Waals surface area contributed by atoms with Gasteiger partial charge in [0.05, 0.1) is 10.8 Å². The van der Waals surface area contributed by atoms with Crippen molar-refractivity contribution in [2.75, 3.05) is 19.4 Å². The maximum Gasteiger partial charge on any atom is 0.0545 e. The van der Waals surface area contributed by atoms with Gasteiger partial charge in [-0.05, 0) is 38.1 Å². The van der Waals surface area contributed by atoms with E-state index in [-0.39, 0.29) is 12.6 Å². The zero-order chi connectivity index (χ0) is 12.0. The van der Waals surface area contributed by atoms with Crippen LogP contribution in [0.25, 0.3) is 0 Å². The Balaban J connectivity index is 2.64. The Kier molecular flexibility index (Phi) is 5.66. The summed E-state index contributed by atoms with van der Waals surface area (Å²) in [6.07, 6.45) is 0.633. The van der Waals surface area contributed by atoms with E-state index in [0.29, 0.717) is 12.2 Å². The van der Waals surface area contributed by atoms with Crippen LogP contribution in [0.15, 0.2) is 29.2 Å². The second-order valence-electron chi connectivity index (χ2n) is 3.83. The lowest BCUT2D eigenvalue weighted by Gasteiger charge is -2.14. The number of rotatable bonds is 6. The van der Waals surface area contributed by atoms with Crippen molar-refractivity contribution in [2.45, 2.75) is 24.3 Å². The van der Waals surface area contributed by atoms with Crippen LogP contribution in [0, 0.1) is 6.92 Å². The molecular formula is C12H19NO2S. The summed E-state index contributed by atoms with van der Waals surface area (Å²) in [5, 5.41) is 11.9. The first-order chi connectivity index (χ1) is 7.67. The van der Waals surface area contributed by atoms with Gasteiger partial charge in [0.2, 0.25) is 0 Å². The lowest BCUT2D eigenvalue weighted by Crippen LogP contribution is -2.32. The second kappa shape index (κ2) is 6.78. The van der Waals surface area contributed by atoms with Gasteiger partial charge in [0.1, 0.15) is 0 Å². The highest BCUT2D eigenvalue weighted by Crippen LogP contribution is 2.10. The summed E-state index contributed by atoms with van der Waals surface area (Å²) in [5.74, 6) is 0.542. The van der Waals surface area contributed by atoms with Gasteiger partial charge in [-0.2, -0.15) is 0 Å². The highest BCUT2D eigenvalue weighted by atomic mass is 32.2. The Hall–Kier alpha value is -0.710. The molecule has 0 radical (unpaired) electrons. The molecule has 1 aromatic rings. The molecule has 0 saturated heterocycles. The smallest absolute Gasteiger partial charge is 0.0545 e. The van der Waals surface area contributed by atoms with Crippen molar-refractivity contribution in [1.82, 2.24) is 5.32 Å². The van der Waals surface area contributed by atoms with Gasteiger partial charge in [0.25, 0.3) is 0 Å². The first-order valence-electron chi connectivity index (χ1n) is 5.40. The maximum absolute atomic E-state index is 12.0. The minimum atomic E-state index is -0.999. The van der Waals surface area contributed by atoms with Gasteiger partial charge >= 0.3 is 0 Å². The lowest BCUT2D eigenvalue weighted by molar-refractivity contribution is 0.272. The molecule has 0 heterocycles. The number of hydrogen-bond acceptors (Lipinski definition) is 3. The zero-order valence-corrected chi connectivity index (χ0v) is 10.6. The van der Waals surface area contributed by atoms with Crippen molar-refractivity contribution in [3.8, 4) is 0 Å². The third-order valence-electron chi connectivity index (χ3n) is 2.49. The molecule has 16 heavy (non-hydrogen) atoms. The first kappa shape index (κ1) is 13.4. The lowest BCUT2D eigenvalue weighted by atomic mass is 10.2. The average Bonchev–Trinajstić information content (AvgIpc) is 2.28. The number of aliphatic hydroxyl groups excluding tert-OH is 1. The molecule has 4 heteroatoms. The van der Waals surface area contributed by atoms with Gasteiger partial charge in [-0.1, -0.05) is 12.1 Å². The molecule has 0 aliphatic heterocycles. The van der Waals surface area contributed by atoms with Crippen LogP contribution >= 0.6 is 0 Å². The average molecular weight is 241 g/mol. The summed E-state index contributed by atoms with van der Waals surface area (Å²) in [6, 6.07) is 7.84. The molecule has 0 bridgehead atoms. The molecule has 3 nitrogen and oxygen atoms in total. The normalized spacial score (nSPS) is 14.7. The molecule has 90 valence electrons. The van der Waals surface area contributed by atoms with Crippen molar-refractivity contribution in [1.29, 1.82) is 0 Å². The van der Waals surface area contributed by atoms with E-state index in [1.54, 1.807) is 0 Å². The monoisotopic (exact) mass is 241 g/mol. The molecule has 0 aromatic heterocycles. The van der Waals surface area contributed by atoms with Crippen molar-refractivity contribution < 1.29 is 9.32 Å². The van der Waals surface area contributed by atoms with E-state index < -0.39 is 10.8 Å². The van der Waals surface area contributed by atoms with Crippen molar-refractivity contribution >= 4 is 10.8 Å². The molecule has 2 N–H and O–H groups in total. The van der Waals surface area contributed by atoms with E-state index in [9.17, 15) is 4.21 Å². The van der Waals surface area contributed by atoms with Crippen LogP contribution in [0.1, 0.15) is 12.0 Å². The molecule has 2 atom stereocenters. The summed E-state index contributed by atoms with van der Waals surface area (Å²) in [6.45, 7) is 2.11. The van der Waals surface area contributed by atoms with E-state index >= 15 is 0 Å². The van der Waals surface area contributed by atoms with Gasteiger partial charge in [0.15, 0.2) is 0 Å². The quantitative estimate of drug-likeness (QED) is 0.783. The first-order valence-corrected chi connectivity index (χ1v) is 6.72. The summed E-state index contributed by atoms with van der Waals surface area (Å²) >= 11 is 0. The van der Waals surface area contributed by atoms with E-state index in [1.165, 1.54) is 0 Å². The summed E-state index contributed by atoms with van der Waals surface area (Å²) < 4.78 is 12.0. The fourth-order valence-corrected chi connectivity index (χ4v) is 2.94. The van der Waals surface area contributed by atoms with Crippen LogP contribution in [0.4, 0.5) is 0 Å². The Labute approximate surface area is 99.3 Å². The number of aliphatic hydroxyl groups is 1. The minimum absolute atomic E-state index is 0.103. The molecule has 0 saturated carbocycles. The number of aryl methyl sites for hydroxylation is 1. The van der Waals surface area contributed by atoms with Crippen molar-refractivity contribution in [3.63, 3.8) is 0 Å². The zero-order valence-electron chi connectivity index (χ0n) is 9.77. The van der Waals surface area contributed by atoms with Crippen molar-refractivity contribution in [3.05, 3.63) is 29.8 Å². The van der Waals surface area contributed by atoms with E-state index in [0.717, 1.165) is 10.5 Å². The highest BCUT2D eigenvalue weighted by Gasteiger charge is 2.11. The molecule has 0 spiro atoms. The Morgan fingerprint density at radius 3 is 2.81 bits per heavy atom. The molecule has 1 aromatic carbocycles. The van der Waals surface area contributed by atoms with Crippen LogP contribution in [-0.4, -0.2) is 34.8 Å². The van der Waals surface area contributed by atoms with Gasteiger partial charge in [-0.3, -0.25) is 4.21 Å². The number of benzene rings is 1. The standard InChI is InChI=1S/C12H19NO2S/c1-10-4-3-5-12(8-10)16(15)9-11(13-2)6-7-14/h3-5,8,11,13-14H,6-7,9H2,1-2H3. The number of hydrogen-bond donors (Lipinski definition) is 2. The van der Waals surface area contributed by atoms with Gasteiger partial charge < -0.3 is 10.4 Å². The SMILES string of the molecule is CNC(CCO)CS(=O)c1cccc(C)c1. The third-order valence-corrected chi connectivity index (χ3v) is 3.98. The predicted molar refractivity (Wildman–Crippen MR) is 67.0 cm³/mol. The molecule has 2 unspecified atom stereocenters. The van der Waals surface area contributed by atoms with Crippen molar-refractivity contribution in [2.24, 2.45) is 0 Å².